The van der Waals surface area contributed by atoms with Crippen LogP contribution < -0.4 is 0 Å². The molecule has 1 N–H and O–H groups in total. The van der Waals surface area contributed by atoms with Gasteiger partial charge in [-0.25, -0.2) is 4.79 Å². The van der Waals surface area contributed by atoms with Crippen LogP contribution in [0.3, 0.4) is 0 Å². The molecule has 0 aromatic heterocycles. The molecular formula is C12H18O3. The van der Waals surface area contributed by atoms with Crippen LogP contribution in [-0.4, -0.2) is 16.7 Å². The van der Waals surface area contributed by atoms with Gasteiger partial charge in [-0.2, -0.15) is 0 Å². The van der Waals surface area contributed by atoms with Crippen LogP contribution in [0.2, 0.25) is 0 Å². The lowest BCUT2D eigenvalue weighted by Crippen LogP contribution is -2.38. The molecule has 1 spiro atoms. The third-order valence-corrected chi connectivity index (χ3v) is 3.37. The minimum absolute atomic E-state index is 0.187. The van der Waals surface area contributed by atoms with E-state index < -0.39 is 5.60 Å². The molecule has 1 saturated carbocycles. The number of hydrogen-bond acceptors (Lipinski definition) is 3. The van der Waals surface area contributed by atoms with Gasteiger partial charge in [-0.05, 0) is 25.7 Å². The maximum absolute atomic E-state index is 11.3. The Labute approximate surface area is 90.1 Å². The second kappa shape index (κ2) is 4.25. The normalized spacial score (nSPS) is 26.4. The van der Waals surface area contributed by atoms with Gasteiger partial charge in [0.2, 0.25) is 0 Å². The van der Waals surface area contributed by atoms with Crippen molar-refractivity contribution in [2.24, 2.45) is 0 Å². The Morgan fingerprint density at radius 2 is 1.73 bits per heavy atom. The number of ether oxygens (including phenoxy) is 1. The lowest BCUT2D eigenvalue weighted by molar-refractivity contribution is -0.159. The number of rotatable bonds is 0. The molecule has 0 aromatic rings. The molecule has 2 rings (SSSR count). The van der Waals surface area contributed by atoms with Gasteiger partial charge in [-0.1, -0.05) is 19.3 Å². The SMILES string of the molecule is O=C1C=C(O)CC2(CCCCCCC2)O1. The van der Waals surface area contributed by atoms with Crippen LogP contribution in [0, 0.1) is 0 Å². The molecule has 84 valence electrons. The van der Waals surface area contributed by atoms with Gasteiger partial charge in [0.1, 0.15) is 11.4 Å². The summed E-state index contributed by atoms with van der Waals surface area (Å²) in [5.41, 5.74) is -0.393. The Morgan fingerprint density at radius 1 is 1.13 bits per heavy atom. The summed E-state index contributed by atoms with van der Waals surface area (Å²) in [5.74, 6) is -0.189. The monoisotopic (exact) mass is 210 g/mol. The first-order chi connectivity index (χ1) is 7.20. The minimum atomic E-state index is -0.393. The van der Waals surface area contributed by atoms with Crippen LogP contribution in [0.25, 0.3) is 0 Å². The zero-order valence-electron chi connectivity index (χ0n) is 9.00. The van der Waals surface area contributed by atoms with Crippen molar-refractivity contribution in [2.75, 3.05) is 0 Å². The summed E-state index contributed by atoms with van der Waals surface area (Å²) in [5, 5.41) is 9.52. The molecule has 0 unspecified atom stereocenters. The van der Waals surface area contributed by atoms with E-state index >= 15 is 0 Å². The first-order valence-corrected chi connectivity index (χ1v) is 5.83. The average molecular weight is 210 g/mol. The summed E-state index contributed by atoms with van der Waals surface area (Å²) in [7, 11) is 0. The number of aliphatic hydroxyl groups is 1. The topological polar surface area (TPSA) is 46.5 Å². The lowest BCUT2D eigenvalue weighted by atomic mass is 9.83. The molecule has 1 heterocycles. The van der Waals surface area contributed by atoms with Gasteiger partial charge in [0.05, 0.1) is 6.08 Å². The molecule has 1 aliphatic heterocycles. The van der Waals surface area contributed by atoms with Crippen molar-refractivity contribution in [1.29, 1.82) is 0 Å². The van der Waals surface area contributed by atoms with E-state index in [4.69, 9.17) is 4.74 Å². The Kier molecular flexibility index (Phi) is 2.98. The van der Waals surface area contributed by atoms with E-state index in [9.17, 15) is 9.90 Å². The maximum Gasteiger partial charge on any atom is 0.334 e. The van der Waals surface area contributed by atoms with Gasteiger partial charge in [0.15, 0.2) is 0 Å². The highest BCUT2D eigenvalue weighted by molar-refractivity contribution is 5.83. The minimum Gasteiger partial charge on any atom is -0.512 e. The highest BCUT2D eigenvalue weighted by Gasteiger charge is 2.37. The van der Waals surface area contributed by atoms with E-state index in [0.29, 0.717) is 6.42 Å². The molecule has 2 aliphatic rings. The Bertz CT molecular complexity index is 273. The summed E-state index contributed by atoms with van der Waals surface area (Å²) in [6, 6.07) is 0. The summed E-state index contributed by atoms with van der Waals surface area (Å²) in [4.78, 5) is 11.3. The third-order valence-electron chi connectivity index (χ3n) is 3.37. The first-order valence-electron chi connectivity index (χ1n) is 5.83. The van der Waals surface area contributed by atoms with Gasteiger partial charge >= 0.3 is 5.97 Å². The van der Waals surface area contributed by atoms with Crippen LogP contribution in [0.5, 0.6) is 0 Å². The van der Waals surface area contributed by atoms with Crippen LogP contribution in [0.4, 0.5) is 0 Å². The second-order valence-corrected chi connectivity index (χ2v) is 4.68. The predicted octanol–water partition coefficient (Wildman–Crippen LogP) is 2.86. The van der Waals surface area contributed by atoms with E-state index in [1.165, 1.54) is 25.3 Å². The Hall–Kier alpha value is -0.990. The molecule has 1 aliphatic carbocycles. The third kappa shape index (κ3) is 2.52. The van der Waals surface area contributed by atoms with Crippen molar-refractivity contribution in [3.05, 3.63) is 11.8 Å². The molecular weight excluding hydrogens is 192 g/mol. The van der Waals surface area contributed by atoms with Gasteiger partial charge in [-0.15, -0.1) is 0 Å². The molecule has 0 radical (unpaired) electrons. The van der Waals surface area contributed by atoms with Crippen molar-refractivity contribution in [2.45, 2.75) is 57.0 Å². The Balaban J connectivity index is 2.09. The average Bonchev–Trinajstić information content (AvgIpc) is 2.11. The molecule has 1 fully saturated rings. The molecule has 0 amide bonds. The van der Waals surface area contributed by atoms with Gasteiger partial charge < -0.3 is 9.84 Å². The summed E-state index contributed by atoms with van der Waals surface area (Å²) in [6.45, 7) is 0. The van der Waals surface area contributed by atoms with Crippen molar-refractivity contribution in [1.82, 2.24) is 0 Å². The number of hydrogen-bond donors (Lipinski definition) is 1. The molecule has 0 aromatic carbocycles. The lowest BCUT2D eigenvalue weighted by Gasteiger charge is -2.36. The maximum atomic E-state index is 11.3. The largest absolute Gasteiger partial charge is 0.512 e. The van der Waals surface area contributed by atoms with Crippen LogP contribution in [0.15, 0.2) is 11.8 Å². The zero-order chi connectivity index (χ0) is 10.7. The standard InChI is InChI=1S/C12H18O3/c13-10-8-11(14)15-12(9-10)6-4-2-1-3-5-7-12/h8,13H,1-7,9H2. The smallest absolute Gasteiger partial charge is 0.334 e. The number of carbonyl (C=O) groups is 1. The van der Waals surface area contributed by atoms with Crippen molar-refractivity contribution >= 4 is 5.97 Å². The highest BCUT2D eigenvalue weighted by atomic mass is 16.6. The van der Waals surface area contributed by atoms with Crippen molar-refractivity contribution in [3.63, 3.8) is 0 Å². The van der Waals surface area contributed by atoms with Crippen LogP contribution >= 0.6 is 0 Å². The summed E-state index contributed by atoms with van der Waals surface area (Å²) < 4.78 is 5.45. The second-order valence-electron chi connectivity index (χ2n) is 4.68. The predicted molar refractivity (Wildman–Crippen MR) is 56.5 cm³/mol. The first kappa shape index (κ1) is 10.5. The molecule has 15 heavy (non-hydrogen) atoms. The number of aliphatic hydroxyl groups excluding tert-OH is 1. The van der Waals surface area contributed by atoms with Crippen LogP contribution in [-0.2, 0) is 9.53 Å². The zero-order valence-corrected chi connectivity index (χ0v) is 9.00. The molecule has 0 bridgehead atoms. The van der Waals surface area contributed by atoms with E-state index in [1.54, 1.807) is 0 Å². The number of carbonyl (C=O) groups excluding carboxylic acids is 1. The van der Waals surface area contributed by atoms with Gasteiger partial charge in [0, 0.05) is 6.42 Å². The van der Waals surface area contributed by atoms with E-state index in [1.807, 2.05) is 0 Å². The van der Waals surface area contributed by atoms with E-state index in [-0.39, 0.29) is 11.7 Å². The fourth-order valence-corrected chi connectivity index (χ4v) is 2.62. The molecule has 0 atom stereocenters. The molecule has 3 heteroatoms. The molecule has 3 nitrogen and oxygen atoms in total. The summed E-state index contributed by atoms with van der Waals surface area (Å²) in [6.07, 6.45) is 9.41. The number of esters is 1. The van der Waals surface area contributed by atoms with E-state index in [0.717, 1.165) is 25.7 Å². The fraction of sp³-hybridized carbons (Fsp3) is 0.750. The van der Waals surface area contributed by atoms with Crippen molar-refractivity contribution < 1.29 is 14.6 Å². The fourth-order valence-electron chi connectivity index (χ4n) is 2.62. The Morgan fingerprint density at radius 3 is 2.33 bits per heavy atom. The summed E-state index contributed by atoms with van der Waals surface area (Å²) >= 11 is 0. The quantitative estimate of drug-likeness (QED) is 0.625. The van der Waals surface area contributed by atoms with Gasteiger partial charge in [-0.3, -0.25) is 0 Å². The highest BCUT2D eigenvalue weighted by Crippen LogP contribution is 2.36. The van der Waals surface area contributed by atoms with Crippen molar-refractivity contribution in [3.8, 4) is 0 Å². The van der Waals surface area contributed by atoms with Gasteiger partial charge in [0.25, 0.3) is 0 Å². The van der Waals surface area contributed by atoms with Crippen LogP contribution in [0.1, 0.15) is 51.4 Å². The molecule has 0 saturated heterocycles. The van der Waals surface area contributed by atoms with E-state index in [2.05, 4.69) is 0 Å².